The fraction of sp³-hybridized carbons (Fsp3) is 0.737. The summed E-state index contributed by atoms with van der Waals surface area (Å²) >= 11 is 0. The zero-order chi connectivity index (χ0) is 16.5. The Bertz CT molecular complexity index is 397. The first-order valence-corrected chi connectivity index (χ1v) is 8.55. The molecule has 0 aromatic heterocycles. The van der Waals surface area contributed by atoms with Gasteiger partial charge in [-0.1, -0.05) is 38.0 Å². The molecule has 3 heteroatoms. The molecule has 126 valence electrons. The number of carbonyl (C=O) groups excluding carboxylic acids is 1. The second kappa shape index (κ2) is 9.83. The minimum Gasteiger partial charge on any atom is -0.462 e. The predicted molar refractivity (Wildman–Crippen MR) is 90.5 cm³/mol. The molecule has 22 heavy (non-hydrogen) atoms. The summed E-state index contributed by atoms with van der Waals surface area (Å²) in [7, 11) is 1.00. The highest BCUT2D eigenvalue weighted by Gasteiger charge is 2.33. The summed E-state index contributed by atoms with van der Waals surface area (Å²) < 4.78 is 4.65. The number of carbonyl (C=O) groups is 1. The molecule has 2 saturated carbocycles. The minimum atomic E-state index is -0.146. The first-order chi connectivity index (χ1) is 10.6. The number of cyclic esters (lactones) is 1. The number of fused-ring (bicyclic) bond motifs is 1. The van der Waals surface area contributed by atoms with Crippen molar-refractivity contribution in [3.63, 3.8) is 0 Å². The summed E-state index contributed by atoms with van der Waals surface area (Å²) in [4.78, 5) is 10.5. The minimum absolute atomic E-state index is 0.146. The molecule has 1 N–H and O–H groups in total. The van der Waals surface area contributed by atoms with Gasteiger partial charge in [0.25, 0.3) is 0 Å². The Morgan fingerprint density at radius 3 is 2.50 bits per heavy atom. The molecule has 3 atom stereocenters. The van der Waals surface area contributed by atoms with Gasteiger partial charge in [0, 0.05) is 19.1 Å². The lowest BCUT2D eigenvalue weighted by molar-refractivity contribution is -0.135. The highest BCUT2D eigenvalue weighted by molar-refractivity contribution is 5.90. The highest BCUT2D eigenvalue weighted by atomic mass is 16.5. The maximum atomic E-state index is 10.5. The number of ether oxygens (including phenoxy) is 1. The van der Waals surface area contributed by atoms with Gasteiger partial charge < -0.3 is 9.84 Å². The Hall–Kier alpha value is -1.09. The molecule has 0 bridgehead atoms. The molecule has 3 unspecified atom stereocenters. The zero-order valence-electron chi connectivity index (χ0n) is 14.4. The maximum Gasteiger partial charge on any atom is 0.333 e. The molecular formula is C19H32O3. The van der Waals surface area contributed by atoms with Crippen LogP contribution in [-0.2, 0) is 9.53 Å². The van der Waals surface area contributed by atoms with Crippen LogP contribution in [0.3, 0.4) is 0 Å². The van der Waals surface area contributed by atoms with Crippen molar-refractivity contribution in [1.82, 2.24) is 0 Å². The average molecular weight is 308 g/mol. The lowest BCUT2D eigenvalue weighted by Crippen LogP contribution is -2.29. The van der Waals surface area contributed by atoms with E-state index in [-0.39, 0.29) is 5.97 Å². The predicted octanol–water partition coefficient (Wildman–Crippen LogP) is 4.27. The third kappa shape index (κ3) is 5.28. The number of hydrogen-bond donors (Lipinski definition) is 1. The van der Waals surface area contributed by atoms with E-state index >= 15 is 0 Å². The molecule has 0 aromatic carbocycles. The highest BCUT2D eigenvalue weighted by Crippen LogP contribution is 2.44. The normalized spacial score (nSPS) is 32.2. The van der Waals surface area contributed by atoms with E-state index in [0.29, 0.717) is 6.61 Å². The maximum absolute atomic E-state index is 10.5. The van der Waals surface area contributed by atoms with Crippen molar-refractivity contribution < 1.29 is 14.6 Å². The number of esters is 1. The van der Waals surface area contributed by atoms with Crippen molar-refractivity contribution in [2.45, 2.75) is 58.8 Å². The van der Waals surface area contributed by atoms with Crippen LogP contribution in [0.2, 0.25) is 0 Å². The van der Waals surface area contributed by atoms with Crippen LogP contribution in [0.4, 0.5) is 0 Å². The lowest BCUT2D eigenvalue weighted by Gasteiger charge is -2.40. The molecule has 2 aliphatic carbocycles. The Kier molecular flexibility index (Phi) is 8.47. The monoisotopic (exact) mass is 308 g/mol. The van der Waals surface area contributed by atoms with Crippen molar-refractivity contribution in [2.24, 2.45) is 17.8 Å². The van der Waals surface area contributed by atoms with Crippen molar-refractivity contribution in [3.8, 4) is 0 Å². The van der Waals surface area contributed by atoms with Crippen LogP contribution in [0.25, 0.3) is 0 Å². The summed E-state index contributed by atoms with van der Waals surface area (Å²) in [6, 6.07) is 0. The largest absolute Gasteiger partial charge is 0.462 e. The fourth-order valence-electron chi connectivity index (χ4n) is 3.92. The average Bonchev–Trinajstić information content (AvgIpc) is 2.95. The van der Waals surface area contributed by atoms with Crippen molar-refractivity contribution in [1.29, 1.82) is 0 Å². The number of rotatable bonds is 0. The van der Waals surface area contributed by atoms with E-state index in [1.165, 1.54) is 44.1 Å². The van der Waals surface area contributed by atoms with Gasteiger partial charge in [-0.25, -0.2) is 4.79 Å². The van der Waals surface area contributed by atoms with Gasteiger partial charge in [-0.05, 0) is 50.4 Å². The topological polar surface area (TPSA) is 46.5 Å². The number of aliphatic hydroxyl groups is 1. The summed E-state index contributed by atoms with van der Waals surface area (Å²) in [5.41, 5.74) is 2.33. The molecule has 3 nitrogen and oxygen atoms in total. The van der Waals surface area contributed by atoms with E-state index in [2.05, 4.69) is 18.2 Å². The van der Waals surface area contributed by atoms with Gasteiger partial charge in [0.1, 0.15) is 0 Å². The van der Waals surface area contributed by atoms with Gasteiger partial charge in [-0.2, -0.15) is 0 Å². The standard InChI is InChI=1S/C12H20.C6H8O2.CH4O/c1-9-6-7-12-10(2)4-3-5-11(12)8-9;1-2-5-3-4-8-6(5)7;1-2/h10-12H,1,3-8H2,2H3;2H,3-4H2,1H3;2H,1H3/b;5-2+;. The van der Waals surface area contributed by atoms with E-state index in [0.717, 1.165) is 36.9 Å². The van der Waals surface area contributed by atoms with Crippen molar-refractivity contribution in [2.75, 3.05) is 13.7 Å². The molecule has 3 aliphatic rings. The Morgan fingerprint density at radius 2 is 1.95 bits per heavy atom. The summed E-state index contributed by atoms with van der Waals surface area (Å²) in [5.74, 6) is 2.91. The van der Waals surface area contributed by atoms with E-state index < -0.39 is 0 Å². The third-order valence-corrected chi connectivity index (χ3v) is 5.17. The van der Waals surface area contributed by atoms with Gasteiger partial charge >= 0.3 is 5.97 Å². The van der Waals surface area contributed by atoms with Gasteiger partial charge in [0.2, 0.25) is 0 Å². The smallest absolute Gasteiger partial charge is 0.333 e. The molecule has 0 spiro atoms. The molecule has 1 heterocycles. The van der Waals surface area contributed by atoms with E-state index in [1.807, 2.05) is 6.92 Å². The van der Waals surface area contributed by atoms with Crippen LogP contribution in [0.1, 0.15) is 58.8 Å². The molecule has 0 radical (unpaired) electrons. The van der Waals surface area contributed by atoms with Crippen LogP contribution < -0.4 is 0 Å². The SMILES string of the molecule is C/C=C1\CCOC1=O.C=C1CCC2C(C)CCCC2C1.CO. The van der Waals surface area contributed by atoms with Crippen molar-refractivity contribution >= 4 is 5.97 Å². The Balaban J connectivity index is 0.000000211. The first-order valence-electron chi connectivity index (χ1n) is 8.55. The number of aliphatic hydroxyl groups excluding tert-OH is 1. The summed E-state index contributed by atoms with van der Waals surface area (Å²) in [5, 5.41) is 7.00. The molecular weight excluding hydrogens is 276 g/mol. The van der Waals surface area contributed by atoms with Gasteiger partial charge in [0.15, 0.2) is 0 Å². The van der Waals surface area contributed by atoms with Crippen LogP contribution in [0, 0.1) is 17.8 Å². The first kappa shape index (κ1) is 19.0. The van der Waals surface area contributed by atoms with Crippen LogP contribution in [-0.4, -0.2) is 24.8 Å². The van der Waals surface area contributed by atoms with Crippen molar-refractivity contribution in [3.05, 3.63) is 23.8 Å². The van der Waals surface area contributed by atoms with Crippen LogP contribution in [0.15, 0.2) is 23.8 Å². The van der Waals surface area contributed by atoms with E-state index in [1.54, 1.807) is 6.08 Å². The third-order valence-electron chi connectivity index (χ3n) is 5.17. The molecule has 3 fully saturated rings. The number of hydrogen-bond acceptors (Lipinski definition) is 3. The van der Waals surface area contributed by atoms with Crippen LogP contribution in [0.5, 0.6) is 0 Å². The second-order valence-electron chi connectivity index (χ2n) is 6.52. The fourth-order valence-corrected chi connectivity index (χ4v) is 3.92. The number of allylic oxidation sites excluding steroid dienone is 2. The van der Waals surface area contributed by atoms with E-state index in [9.17, 15) is 4.79 Å². The van der Waals surface area contributed by atoms with Gasteiger partial charge in [-0.15, -0.1) is 0 Å². The zero-order valence-corrected chi connectivity index (χ0v) is 14.4. The van der Waals surface area contributed by atoms with Gasteiger partial charge in [0.05, 0.1) is 6.61 Å². The summed E-state index contributed by atoms with van der Waals surface area (Å²) in [6.45, 7) is 9.00. The van der Waals surface area contributed by atoms with Crippen LogP contribution >= 0.6 is 0 Å². The lowest BCUT2D eigenvalue weighted by atomic mass is 9.65. The second-order valence-corrected chi connectivity index (χ2v) is 6.52. The quantitative estimate of drug-likeness (QED) is 0.413. The molecule has 3 rings (SSSR count). The molecule has 1 saturated heterocycles. The van der Waals surface area contributed by atoms with E-state index in [4.69, 9.17) is 5.11 Å². The summed E-state index contributed by atoms with van der Waals surface area (Å²) in [6.07, 6.45) is 11.1. The molecule has 1 aliphatic heterocycles. The van der Waals surface area contributed by atoms with Gasteiger partial charge in [-0.3, -0.25) is 0 Å². The Morgan fingerprint density at radius 1 is 1.23 bits per heavy atom. The molecule has 0 aromatic rings. The Labute approximate surface area is 135 Å². The molecule has 0 amide bonds.